The number of nitrogens with one attached hydrogen (secondary N) is 1. The van der Waals surface area contributed by atoms with Gasteiger partial charge in [0.1, 0.15) is 47.7 Å². The Kier molecular flexibility index (Phi) is 3.65. The summed E-state index contributed by atoms with van der Waals surface area (Å²) in [5.74, 6) is 5.66. The summed E-state index contributed by atoms with van der Waals surface area (Å²) in [7, 11) is 0. The van der Waals surface area contributed by atoms with Crippen LogP contribution in [-0.4, -0.2) is 54.8 Å². The number of nitrogen functional groups attached to an aromatic ring is 1. The van der Waals surface area contributed by atoms with E-state index in [1.165, 1.54) is 17.1 Å². The minimum Gasteiger partial charge on any atom is -0.394 e. The number of fused-ring (bicyclic) bond motifs is 1. The molecule has 3 heterocycles. The molecule has 1 aliphatic heterocycles. The molecule has 6 N–H and O–H groups in total. The zero-order valence-corrected chi connectivity index (χ0v) is 11.3. The van der Waals surface area contributed by atoms with E-state index in [4.69, 9.17) is 10.6 Å². The Morgan fingerprint density at radius 1 is 1.45 bits per heavy atom. The summed E-state index contributed by atoms with van der Waals surface area (Å²) in [6.45, 7) is -0.459. The predicted molar refractivity (Wildman–Crippen MR) is 73.1 cm³/mol. The molecule has 0 radical (unpaired) electrons. The highest BCUT2D eigenvalue weighted by Crippen LogP contribution is 2.37. The molecule has 2 aromatic heterocycles. The van der Waals surface area contributed by atoms with Crippen molar-refractivity contribution >= 4 is 16.9 Å². The Morgan fingerprint density at radius 3 is 2.82 bits per heavy atom. The van der Waals surface area contributed by atoms with E-state index >= 15 is 0 Å². The number of ether oxygens (including phenoxy) is 1. The van der Waals surface area contributed by atoms with Gasteiger partial charge in [-0.1, -0.05) is 0 Å². The SMILES string of the molecule is N#Cc1c(NN)n([C@@H]2O[C@H](CO)[C@@H](O)[C@H]2O)c2ncncc12. The third-order valence-electron chi connectivity index (χ3n) is 3.69. The molecule has 1 aliphatic rings. The van der Waals surface area contributed by atoms with Crippen LogP contribution in [0, 0.1) is 11.3 Å². The summed E-state index contributed by atoms with van der Waals surface area (Å²) in [6.07, 6.45) is -1.87. The first kappa shape index (κ1) is 14.6. The smallest absolute Gasteiger partial charge is 0.166 e. The molecule has 1 fully saturated rings. The van der Waals surface area contributed by atoms with Crippen LogP contribution in [0.3, 0.4) is 0 Å². The maximum Gasteiger partial charge on any atom is 0.166 e. The molecular formula is C12H14N6O4. The molecule has 0 spiro atoms. The van der Waals surface area contributed by atoms with Crippen molar-refractivity contribution in [1.82, 2.24) is 14.5 Å². The maximum atomic E-state index is 10.2. The van der Waals surface area contributed by atoms with Crippen molar-refractivity contribution in [3.63, 3.8) is 0 Å². The second-order valence-corrected chi connectivity index (χ2v) is 4.84. The number of aromatic nitrogens is 3. The van der Waals surface area contributed by atoms with E-state index in [0.29, 0.717) is 11.0 Å². The summed E-state index contributed by atoms with van der Waals surface area (Å²) in [6, 6.07) is 1.99. The highest BCUT2D eigenvalue weighted by Gasteiger charge is 2.45. The summed E-state index contributed by atoms with van der Waals surface area (Å²) >= 11 is 0. The van der Waals surface area contributed by atoms with Gasteiger partial charge in [0.2, 0.25) is 0 Å². The van der Waals surface area contributed by atoms with E-state index in [0.717, 1.165) is 0 Å². The lowest BCUT2D eigenvalue weighted by Gasteiger charge is -2.20. The molecule has 10 heteroatoms. The van der Waals surface area contributed by atoms with Gasteiger partial charge in [0.15, 0.2) is 6.23 Å². The second-order valence-electron chi connectivity index (χ2n) is 4.84. The van der Waals surface area contributed by atoms with Gasteiger partial charge in [0.05, 0.1) is 12.0 Å². The Bertz CT molecular complexity index is 741. The highest BCUT2D eigenvalue weighted by molar-refractivity contribution is 5.89. The van der Waals surface area contributed by atoms with Crippen LogP contribution in [0.2, 0.25) is 0 Å². The van der Waals surface area contributed by atoms with Crippen molar-refractivity contribution in [2.75, 3.05) is 12.0 Å². The van der Waals surface area contributed by atoms with Crippen LogP contribution in [0.4, 0.5) is 5.82 Å². The van der Waals surface area contributed by atoms with Crippen molar-refractivity contribution in [3.05, 3.63) is 18.1 Å². The molecule has 0 saturated carbocycles. The van der Waals surface area contributed by atoms with Gasteiger partial charge < -0.3 is 25.5 Å². The standard InChI is InChI=1S/C12H14N6O4/c13-1-5-6-2-15-4-16-10(6)18(11(5)17-14)12-9(21)8(20)7(3-19)22-12/h2,4,7-9,12,17,19-21H,3,14H2/t7-,8-,9-,12-/m1/s1. The van der Waals surface area contributed by atoms with Gasteiger partial charge in [-0.2, -0.15) is 5.26 Å². The summed E-state index contributed by atoms with van der Waals surface area (Å²) in [5.41, 5.74) is 2.89. The van der Waals surface area contributed by atoms with Crippen LogP contribution in [-0.2, 0) is 4.74 Å². The molecular weight excluding hydrogens is 292 g/mol. The molecule has 0 amide bonds. The number of hydrazine groups is 1. The lowest BCUT2D eigenvalue weighted by Crippen LogP contribution is -2.33. The summed E-state index contributed by atoms with van der Waals surface area (Å²) < 4.78 is 6.85. The number of rotatable bonds is 3. The predicted octanol–water partition coefficient (Wildman–Crippen LogP) is -1.80. The van der Waals surface area contributed by atoms with Crippen LogP contribution >= 0.6 is 0 Å². The number of nitrogens with two attached hydrogens (primary N) is 1. The fraction of sp³-hybridized carbons (Fsp3) is 0.417. The van der Waals surface area contributed by atoms with Gasteiger partial charge in [-0.05, 0) is 0 Å². The quantitative estimate of drug-likeness (QED) is 0.325. The number of anilines is 1. The van der Waals surface area contributed by atoms with Crippen LogP contribution in [0.5, 0.6) is 0 Å². The Morgan fingerprint density at radius 2 is 2.23 bits per heavy atom. The number of aliphatic hydroxyl groups excluding tert-OH is 3. The Hall–Kier alpha value is -2.29. The van der Waals surface area contributed by atoms with Crippen molar-refractivity contribution in [2.45, 2.75) is 24.5 Å². The number of hydrogen-bond acceptors (Lipinski definition) is 9. The number of hydrogen-bond donors (Lipinski definition) is 5. The lowest BCUT2D eigenvalue weighted by molar-refractivity contribution is -0.0499. The fourth-order valence-electron chi connectivity index (χ4n) is 2.64. The monoisotopic (exact) mass is 306 g/mol. The van der Waals surface area contributed by atoms with Crippen LogP contribution in [0.15, 0.2) is 12.5 Å². The largest absolute Gasteiger partial charge is 0.394 e. The highest BCUT2D eigenvalue weighted by atomic mass is 16.6. The summed E-state index contributed by atoms with van der Waals surface area (Å²) in [4.78, 5) is 7.95. The molecule has 3 rings (SSSR count). The molecule has 1 saturated heterocycles. The van der Waals surface area contributed by atoms with Crippen LogP contribution in [0.1, 0.15) is 11.8 Å². The van der Waals surface area contributed by atoms with Crippen LogP contribution in [0.25, 0.3) is 11.0 Å². The zero-order chi connectivity index (χ0) is 15.9. The normalized spacial score (nSPS) is 28.0. The molecule has 0 aromatic carbocycles. The summed E-state index contributed by atoms with van der Waals surface area (Å²) in [5, 5.41) is 39.0. The van der Waals surface area contributed by atoms with Crippen molar-refractivity contribution < 1.29 is 20.1 Å². The van der Waals surface area contributed by atoms with E-state index in [1.54, 1.807) is 0 Å². The van der Waals surface area contributed by atoms with Gasteiger partial charge in [-0.15, -0.1) is 0 Å². The first-order valence-corrected chi connectivity index (χ1v) is 6.47. The molecule has 0 aliphatic carbocycles. The Labute approximate surface area is 124 Å². The molecule has 0 bridgehead atoms. The molecule has 22 heavy (non-hydrogen) atoms. The first-order chi connectivity index (χ1) is 10.6. The molecule has 0 unspecified atom stereocenters. The van der Waals surface area contributed by atoms with Gasteiger partial charge in [0, 0.05) is 6.20 Å². The molecule has 10 nitrogen and oxygen atoms in total. The van der Waals surface area contributed by atoms with Gasteiger partial charge in [0.25, 0.3) is 0 Å². The average molecular weight is 306 g/mol. The van der Waals surface area contributed by atoms with E-state index in [2.05, 4.69) is 15.4 Å². The minimum atomic E-state index is -1.32. The molecule has 4 atom stereocenters. The second kappa shape index (κ2) is 5.48. The van der Waals surface area contributed by atoms with Gasteiger partial charge in [-0.25, -0.2) is 15.8 Å². The van der Waals surface area contributed by atoms with E-state index < -0.39 is 31.1 Å². The maximum absolute atomic E-state index is 10.2. The average Bonchev–Trinajstić information content (AvgIpc) is 3.02. The van der Waals surface area contributed by atoms with E-state index in [-0.39, 0.29) is 11.4 Å². The van der Waals surface area contributed by atoms with Gasteiger partial charge in [-0.3, -0.25) is 4.57 Å². The molecule has 2 aromatic rings. The number of nitrogens with zero attached hydrogens (tertiary/aromatic N) is 4. The third-order valence-corrected chi connectivity index (χ3v) is 3.69. The van der Waals surface area contributed by atoms with Crippen LogP contribution < -0.4 is 11.3 Å². The topological polar surface area (TPSA) is 162 Å². The van der Waals surface area contributed by atoms with Crippen molar-refractivity contribution in [2.24, 2.45) is 5.84 Å². The number of nitriles is 1. The van der Waals surface area contributed by atoms with E-state index in [1.807, 2.05) is 6.07 Å². The minimum absolute atomic E-state index is 0.174. The first-order valence-electron chi connectivity index (χ1n) is 6.47. The third kappa shape index (κ3) is 1.92. The zero-order valence-electron chi connectivity index (χ0n) is 11.3. The van der Waals surface area contributed by atoms with Crippen molar-refractivity contribution in [1.29, 1.82) is 5.26 Å². The van der Waals surface area contributed by atoms with Crippen molar-refractivity contribution in [3.8, 4) is 6.07 Å². The fourth-order valence-corrected chi connectivity index (χ4v) is 2.64. The molecule has 116 valence electrons. The number of aliphatic hydroxyl groups is 3. The van der Waals surface area contributed by atoms with E-state index in [9.17, 15) is 20.6 Å². The Balaban J connectivity index is 2.21. The van der Waals surface area contributed by atoms with Gasteiger partial charge >= 0.3 is 0 Å². The lowest BCUT2D eigenvalue weighted by atomic mass is 10.1.